The highest BCUT2D eigenvalue weighted by Gasteiger charge is 2.38. The molecule has 0 saturated heterocycles. The van der Waals surface area contributed by atoms with E-state index in [2.05, 4.69) is 175 Å². The van der Waals surface area contributed by atoms with Crippen LogP contribution in [-0.4, -0.2) is 45.8 Å². The summed E-state index contributed by atoms with van der Waals surface area (Å²) in [5.74, 6) is 2.03. The summed E-state index contributed by atoms with van der Waals surface area (Å²) < 4.78 is 25.6. The first-order chi connectivity index (χ1) is 39.3. The Morgan fingerprint density at radius 2 is 1.01 bits per heavy atom. The second-order valence-electron chi connectivity index (χ2n) is 20.7. The molecule has 8 aromatic carbocycles. The average molecular weight is 1060 g/mol. The molecule has 0 bridgehead atoms. The van der Waals surface area contributed by atoms with E-state index in [0.717, 1.165) is 60.0 Å². The maximum atomic E-state index is 12.3. The van der Waals surface area contributed by atoms with E-state index in [1.54, 1.807) is 0 Å². The van der Waals surface area contributed by atoms with Gasteiger partial charge in [0.05, 0.1) is 35.4 Å². The number of thiazole rings is 1. The van der Waals surface area contributed by atoms with Gasteiger partial charge >= 0.3 is 13.7 Å². The van der Waals surface area contributed by atoms with E-state index < -0.39 is 13.7 Å². The Labute approximate surface area is 470 Å². The van der Waals surface area contributed by atoms with Gasteiger partial charge in [-0.15, -0.1) is 11.3 Å². The third-order valence-electron chi connectivity index (χ3n) is 14.2. The minimum Gasteiger partial charge on any atom is -0.493 e. The van der Waals surface area contributed by atoms with E-state index >= 15 is 0 Å². The summed E-state index contributed by atoms with van der Waals surface area (Å²) >= 11 is 1.49. The van der Waals surface area contributed by atoms with E-state index in [1.165, 1.54) is 11.3 Å². The zero-order valence-corrected chi connectivity index (χ0v) is 45.6. The molecule has 386 valence electrons. The lowest BCUT2D eigenvalue weighted by atomic mass is 9.50. The number of aromatic nitrogens is 4. The summed E-state index contributed by atoms with van der Waals surface area (Å²) in [6.07, 6.45) is 0. The van der Waals surface area contributed by atoms with Crippen molar-refractivity contribution < 1.29 is 13.9 Å². The molecule has 4 heterocycles. The molecule has 0 unspecified atom stereocenters. The van der Waals surface area contributed by atoms with E-state index in [4.69, 9.17) is 23.9 Å². The van der Waals surface area contributed by atoms with Crippen LogP contribution in [0, 0.1) is 29.7 Å². The van der Waals surface area contributed by atoms with Crippen molar-refractivity contribution in [3.8, 4) is 40.1 Å². The van der Waals surface area contributed by atoms with Crippen LogP contribution in [0.1, 0.15) is 38.6 Å². The van der Waals surface area contributed by atoms with Crippen molar-refractivity contribution in [2.24, 2.45) is 11.8 Å². The number of ether oxygens (including phenoxy) is 2. The summed E-state index contributed by atoms with van der Waals surface area (Å²) in [5, 5.41) is 15.4. The predicted molar refractivity (Wildman–Crippen MR) is 328 cm³/mol. The number of benzene rings is 8. The van der Waals surface area contributed by atoms with Crippen LogP contribution in [0.2, 0.25) is 0 Å². The van der Waals surface area contributed by atoms with Gasteiger partial charge in [0, 0.05) is 38.6 Å². The van der Waals surface area contributed by atoms with Crippen LogP contribution in [0.4, 0.5) is 0 Å². The highest BCUT2D eigenvalue weighted by Crippen LogP contribution is 2.39. The first-order valence-electron chi connectivity index (χ1n) is 27.0. The highest BCUT2D eigenvalue weighted by atomic mass is 32.1. The summed E-state index contributed by atoms with van der Waals surface area (Å²) in [6, 6.07) is 76.6. The molecule has 4 aromatic heterocycles. The third-order valence-corrected chi connectivity index (χ3v) is 15.3. The molecule has 0 aliphatic heterocycles. The molecule has 0 spiro atoms. The first kappa shape index (κ1) is 51.2. The summed E-state index contributed by atoms with van der Waals surface area (Å²) in [5.41, 5.74) is 9.50. The Hall–Kier alpha value is -9.61. The Balaban J connectivity index is 1.43. The number of oxazole rings is 1. The Morgan fingerprint density at radius 3 is 1.48 bits per heavy atom. The Bertz CT molecular complexity index is 3990. The van der Waals surface area contributed by atoms with Crippen LogP contribution in [0.15, 0.2) is 223 Å². The molecule has 80 heavy (non-hydrogen) atoms. The minimum atomic E-state index is -0.574. The fourth-order valence-corrected chi connectivity index (χ4v) is 11.8. The van der Waals surface area contributed by atoms with Crippen LogP contribution >= 0.6 is 11.3 Å². The van der Waals surface area contributed by atoms with Gasteiger partial charge in [-0.3, -0.25) is 0 Å². The molecule has 0 amide bonds. The van der Waals surface area contributed by atoms with Crippen molar-refractivity contribution in [1.82, 2.24) is 18.9 Å². The molecule has 0 fully saturated rings. The second-order valence-corrected chi connectivity index (χ2v) is 21.7. The molecule has 0 radical (unpaired) electrons. The molecular weight excluding hydrogens is 1000 g/mol. The van der Waals surface area contributed by atoms with Crippen LogP contribution in [0.25, 0.3) is 70.7 Å². The molecule has 0 aliphatic rings. The number of fused-ring (bicyclic) bond motifs is 3. The van der Waals surface area contributed by atoms with Crippen molar-refractivity contribution >= 4 is 90.2 Å². The van der Waals surface area contributed by atoms with Gasteiger partial charge in [0.15, 0.2) is 5.58 Å². The third kappa shape index (κ3) is 9.76. The van der Waals surface area contributed by atoms with Crippen molar-refractivity contribution in [2.45, 2.75) is 27.7 Å². The molecule has 12 aromatic rings. The van der Waals surface area contributed by atoms with E-state index in [0.29, 0.717) is 62.6 Å². The number of para-hydroxylation sites is 3. The normalized spacial score (nSPS) is 12.2. The van der Waals surface area contributed by atoms with Gasteiger partial charge in [-0.1, -0.05) is 219 Å². The van der Waals surface area contributed by atoms with Gasteiger partial charge in [0.2, 0.25) is 11.6 Å². The van der Waals surface area contributed by atoms with Crippen molar-refractivity contribution in [2.75, 3.05) is 13.2 Å². The van der Waals surface area contributed by atoms with Gasteiger partial charge in [-0.25, -0.2) is 14.8 Å². The van der Waals surface area contributed by atoms with Gasteiger partial charge in [-0.05, 0) is 60.4 Å². The molecule has 9 nitrogen and oxygen atoms in total. The van der Waals surface area contributed by atoms with Crippen molar-refractivity contribution in [1.29, 1.82) is 5.26 Å². The van der Waals surface area contributed by atoms with Gasteiger partial charge in [0.1, 0.15) is 33.7 Å². The van der Waals surface area contributed by atoms with Crippen LogP contribution in [0.5, 0.6) is 11.5 Å². The van der Waals surface area contributed by atoms with E-state index in [9.17, 15) is 11.8 Å². The number of nitriles is 1. The molecule has 0 N–H and O–H groups in total. The molecule has 0 aliphatic carbocycles. The molecular formula is C68H54B2N6O3S. The van der Waals surface area contributed by atoms with Gasteiger partial charge in [0.25, 0.3) is 0 Å². The minimum absolute atomic E-state index is 0.160. The number of nitrogens with zero attached hydrogens (tertiary/aromatic N) is 6. The van der Waals surface area contributed by atoms with Crippen LogP contribution in [-0.2, 0) is 0 Å². The predicted octanol–water partition coefficient (Wildman–Crippen LogP) is 11.7. The fraction of sp³-hybridized carbons (Fsp3) is 0.118. The number of hydrogen-bond donors (Lipinski definition) is 0. The van der Waals surface area contributed by atoms with Crippen molar-refractivity contribution in [3.63, 3.8) is 0 Å². The topological polar surface area (TPSA) is 95.4 Å². The van der Waals surface area contributed by atoms with Crippen LogP contribution in [0.3, 0.4) is 0 Å². The van der Waals surface area contributed by atoms with E-state index in [1.807, 2.05) is 91.0 Å². The molecule has 12 heteroatoms. The van der Waals surface area contributed by atoms with E-state index in [-0.39, 0.29) is 23.3 Å². The smallest absolute Gasteiger partial charge is 0.328 e. The lowest BCUT2D eigenvalue weighted by molar-refractivity contribution is 0.271. The molecule has 12 rings (SSSR count). The first-order valence-corrected chi connectivity index (χ1v) is 27.8. The summed E-state index contributed by atoms with van der Waals surface area (Å²) in [6.45, 7) is 18.0. The maximum absolute atomic E-state index is 12.3. The quantitative estimate of drug-likeness (QED) is 0.0707. The number of rotatable bonds is 16. The van der Waals surface area contributed by atoms with Crippen molar-refractivity contribution in [3.05, 3.63) is 251 Å². The zero-order chi connectivity index (χ0) is 54.7. The molecule has 0 saturated carbocycles. The van der Waals surface area contributed by atoms with Gasteiger partial charge < -0.3 is 22.8 Å². The monoisotopic (exact) mass is 1060 g/mol. The van der Waals surface area contributed by atoms with Gasteiger partial charge in [-0.2, -0.15) is 5.26 Å². The lowest BCUT2D eigenvalue weighted by Gasteiger charge is -2.24. The largest absolute Gasteiger partial charge is 0.493 e. The Kier molecular flexibility index (Phi) is 14.3. The average Bonchev–Trinajstić information content (AvgIpc) is 2.94. The lowest BCUT2D eigenvalue weighted by Crippen LogP contribution is -2.54. The molecule has 0 atom stereocenters. The fourth-order valence-electron chi connectivity index (χ4n) is 10.8. The number of hydrogen-bond acceptors (Lipinski definition) is 7. The summed E-state index contributed by atoms with van der Waals surface area (Å²) in [7, 11) is 0. The maximum Gasteiger partial charge on any atom is 0.328 e. The highest BCUT2D eigenvalue weighted by molar-refractivity contribution is 7.19. The van der Waals surface area contributed by atoms with Crippen LogP contribution < -0.4 is 42.0 Å². The second kappa shape index (κ2) is 22.4. The Morgan fingerprint density at radius 1 is 0.562 bits per heavy atom. The SMILES string of the molecule is [C-]#[N+]/C(c1nc2ccccc2s1)=c1\c2c(-c3cccc(OCC(C)C)c3)n(B(c3ccccc3)c3ccccc3)/c(=C(/C#N)c3nc4ccccc4o3)c2c(-c2cccc(OCC(C)C)c2)n1B(c1ccccc1)c1ccccc1. The summed E-state index contributed by atoms with van der Waals surface area (Å²) in [4.78, 5) is 15.1. The zero-order valence-electron chi connectivity index (χ0n) is 44.8. The standard InChI is InChI=1S/C68H54B2N6O3S/c1-45(2)43-77-53-34-22-24-47(40-53)63-60-61(66(62(72-5)68-74-57-37-19-21-39-59(57)80-68)76(63)70(51-30-14-8-15-31-51)52-32-16-9-17-33-52)64(48-25-23-35-54(41-48)78-44-46(3)4)75(69(49-26-10-6-11-27-49)50-28-12-7-13-29-50)65(60)55(42-71)67-73-56-36-18-20-38-58(56)79-67/h6-41,45-46H,43-44H2,1-4H3/b65-55-,66-62+.